The average molecular weight is 335 g/mol. The molecular formula is C17H15F2NO4. The molecule has 0 aromatic heterocycles. The lowest BCUT2D eigenvalue weighted by Crippen LogP contribution is -2.30. The predicted octanol–water partition coefficient (Wildman–Crippen LogP) is 2.78. The molecule has 0 saturated carbocycles. The highest BCUT2D eigenvalue weighted by Gasteiger charge is 2.18. The summed E-state index contributed by atoms with van der Waals surface area (Å²) < 4.78 is 30.9. The molecule has 0 saturated heterocycles. The maximum absolute atomic E-state index is 13.1. The fourth-order valence-corrected chi connectivity index (χ4v) is 1.89. The van der Waals surface area contributed by atoms with Crippen molar-refractivity contribution in [3.8, 4) is 5.75 Å². The van der Waals surface area contributed by atoms with Gasteiger partial charge in [-0.15, -0.1) is 0 Å². The minimum Gasteiger partial charge on any atom is -0.508 e. The minimum absolute atomic E-state index is 0.0559. The molecule has 0 aliphatic rings. The zero-order valence-corrected chi connectivity index (χ0v) is 12.8. The summed E-state index contributed by atoms with van der Waals surface area (Å²) in [4.78, 5) is 23.7. The van der Waals surface area contributed by atoms with E-state index in [9.17, 15) is 18.4 Å². The van der Waals surface area contributed by atoms with Crippen molar-refractivity contribution in [1.29, 1.82) is 0 Å². The number of carbonyl (C=O) groups is 2. The number of carbonyl (C=O) groups excluding carboxylic acids is 2. The Labute approximate surface area is 136 Å². The zero-order valence-electron chi connectivity index (χ0n) is 12.8. The highest BCUT2D eigenvalue weighted by Crippen LogP contribution is 2.14. The first kappa shape index (κ1) is 17.4. The minimum atomic E-state index is -1.11. The molecule has 2 aromatic rings. The third kappa shape index (κ3) is 4.77. The maximum atomic E-state index is 13.1. The van der Waals surface area contributed by atoms with Gasteiger partial charge < -0.3 is 15.2 Å². The van der Waals surface area contributed by atoms with Crippen LogP contribution in [0.2, 0.25) is 0 Å². The first-order valence-corrected chi connectivity index (χ1v) is 7.08. The molecule has 2 aromatic carbocycles. The Morgan fingerprint density at radius 3 is 2.42 bits per heavy atom. The molecule has 5 nitrogen and oxygen atoms in total. The Morgan fingerprint density at radius 2 is 1.79 bits per heavy atom. The lowest BCUT2D eigenvalue weighted by Gasteiger charge is -2.13. The van der Waals surface area contributed by atoms with Crippen molar-refractivity contribution in [2.75, 3.05) is 5.32 Å². The number of amides is 1. The molecular weight excluding hydrogens is 320 g/mol. The number of benzene rings is 2. The number of ether oxygens (including phenoxy) is 1. The summed E-state index contributed by atoms with van der Waals surface area (Å²) in [5.41, 5.74) is 0.673. The van der Waals surface area contributed by atoms with Crippen molar-refractivity contribution in [1.82, 2.24) is 0 Å². The van der Waals surface area contributed by atoms with Crippen molar-refractivity contribution in [3.63, 3.8) is 0 Å². The Hall–Kier alpha value is -2.96. The molecule has 0 bridgehead atoms. The van der Waals surface area contributed by atoms with Crippen LogP contribution < -0.4 is 5.32 Å². The van der Waals surface area contributed by atoms with Crippen LogP contribution in [0.25, 0.3) is 0 Å². The van der Waals surface area contributed by atoms with Crippen LogP contribution in [0.1, 0.15) is 12.5 Å². The van der Waals surface area contributed by atoms with Gasteiger partial charge in [0.05, 0.1) is 6.42 Å². The average Bonchev–Trinajstić information content (AvgIpc) is 2.53. The smallest absolute Gasteiger partial charge is 0.311 e. The molecule has 24 heavy (non-hydrogen) atoms. The summed E-state index contributed by atoms with van der Waals surface area (Å²) >= 11 is 0. The van der Waals surface area contributed by atoms with Gasteiger partial charge in [0, 0.05) is 11.8 Å². The van der Waals surface area contributed by atoms with Gasteiger partial charge in [0.15, 0.2) is 17.7 Å². The highest BCUT2D eigenvalue weighted by molar-refractivity contribution is 5.95. The third-order valence-corrected chi connectivity index (χ3v) is 3.15. The topological polar surface area (TPSA) is 75.6 Å². The molecule has 7 heteroatoms. The lowest BCUT2D eigenvalue weighted by molar-refractivity contribution is -0.152. The van der Waals surface area contributed by atoms with Gasteiger partial charge in [0.2, 0.25) is 0 Å². The van der Waals surface area contributed by atoms with Gasteiger partial charge in [-0.05, 0) is 36.8 Å². The van der Waals surface area contributed by atoms with E-state index in [1.807, 2.05) is 0 Å². The summed E-state index contributed by atoms with van der Waals surface area (Å²) in [5, 5.41) is 11.5. The van der Waals surface area contributed by atoms with Crippen LogP contribution in [0.3, 0.4) is 0 Å². The summed E-state index contributed by atoms with van der Waals surface area (Å²) in [5.74, 6) is -3.34. The molecule has 0 heterocycles. The van der Waals surface area contributed by atoms with Crippen LogP contribution in [0.5, 0.6) is 5.75 Å². The Kier molecular flexibility index (Phi) is 5.47. The van der Waals surface area contributed by atoms with Crippen LogP contribution >= 0.6 is 0 Å². The number of halogens is 2. The van der Waals surface area contributed by atoms with Crippen molar-refractivity contribution in [2.45, 2.75) is 19.4 Å². The number of hydrogen-bond acceptors (Lipinski definition) is 4. The Balaban J connectivity index is 1.89. The second-order valence-corrected chi connectivity index (χ2v) is 5.09. The second-order valence-electron chi connectivity index (χ2n) is 5.09. The van der Waals surface area contributed by atoms with Gasteiger partial charge in [0.25, 0.3) is 5.91 Å². The van der Waals surface area contributed by atoms with E-state index in [2.05, 4.69) is 5.32 Å². The quantitative estimate of drug-likeness (QED) is 0.824. The van der Waals surface area contributed by atoms with E-state index in [0.29, 0.717) is 5.56 Å². The molecule has 126 valence electrons. The maximum Gasteiger partial charge on any atom is 0.311 e. The molecule has 0 unspecified atom stereocenters. The first-order valence-electron chi connectivity index (χ1n) is 7.08. The Bertz CT molecular complexity index is 747. The monoisotopic (exact) mass is 335 g/mol. The van der Waals surface area contributed by atoms with Gasteiger partial charge in [-0.2, -0.15) is 0 Å². The van der Waals surface area contributed by atoms with Crippen LogP contribution in [0.4, 0.5) is 14.5 Å². The van der Waals surface area contributed by atoms with Crippen LogP contribution in [0, 0.1) is 11.6 Å². The molecule has 1 atom stereocenters. The predicted molar refractivity (Wildman–Crippen MR) is 82.4 cm³/mol. The molecule has 2 N–H and O–H groups in total. The van der Waals surface area contributed by atoms with Gasteiger partial charge in [-0.1, -0.05) is 12.1 Å². The number of phenolic OH excluding ortho intramolecular Hbond substituents is 1. The van der Waals surface area contributed by atoms with Crippen molar-refractivity contribution >= 4 is 17.6 Å². The van der Waals surface area contributed by atoms with E-state index >= 15 is 0 Å². The third-order valence-electron chi connectivity index (χ3n) is 3.15. The number of anilines is 1. The second kappa shape index (κ2) is 7.54. The molecule has 0 aliphatic carbocycles. The summed E-state index contributed by atoms with van der Waals surface area (Å²) in [6, 6.07) is 8.89. The number of aromatic hydroxyl groups is 1. The lowest BCUT2D eigenvalue weighted by atomic mass is 10.1. The van der Waals surface area contributed by atoms with Gasteiger partial charge >= 0.3 is 5.97 Å². The normalized spacial score (nSPS) is 11.6. The van der Waals surface area contributed by atoms with Crippen LogP contribution in [-0.4, -0.2) is 23.1 Å². The van der Waals surface area contributed by atoms with E-state index in [-0.39, 0.29) is 17.9 Å². The standard InChI is InChI=1S/C17H15F2NO4/c1-10(17(23)20-12-4-7-14(18)15(19)9-12)24-16(22)8-11-2-5-13(21)6-3-11/h2-7,9-10,21H,8H2,1H3,(H,20,23)/t10-/m1/s1. The number of hydrogen-bond donors (Lipinski definition) is 2. The van der Waals surface area contributed by atoms with E-state index < -0.39 is 29.6 Å². The summed E-state index contributed by atoms with van der Waals surface area (Å²) in [6.45, 7) is 1.37. The van der Waals surface area contributed by atoms with Crippen molar-refractivity contribution in [3.05, 3.63) is 59.7 Å². The largest absolute Gasteiger partial charge is 0.508 e. The van der Waals surface area contributed by atoms with E-state index in [4.69, 9.17) is 9.84 Å². The molecule has 1 amide bonds. The van der Waals surface area contributed by atoms with Crippen LogP contribution in [0.15, 0.2) is 42.5 Å². The molecule has 2 rings (SSSR count). The van der Waals surface area contributed by atoms with Crippen molar-refractivity contribution in [2.24, 2.45) is 0 Å². The summed E-state index contributed by atoms with van der Waals surface area (Å²) in [7, 11) is 0. The van der Waals surface area contributed by atoms with E-state index in [1.54, 1.807) is 12.1 Å². The van der Waals surface area contributed by atoms with Gasteiger partial charge in [-0.25, -0.2) is 8.78 Å². The fraction of sp³-hybridized carbons (Fsp3) is 0.176. The van der Waals surface area contributed by atoms with E-state index in [0.717, 1.165) is 12.1 Å². The van der Waals surface area contributed by atoms with Crippen molar-refractivity contribution < 1.29 is 28.2 Å². The number of esters is 1. The highest BCUT2D eigenvalue weighted by atomic mass is 19.2. The SMILES string of the molecule is C[C@@H](OC(=O)Cc1ccc(O)cc1)C(=O)Nc1ccc(F)c(F)c1. The fourth-order valence-electron chi connectivity index (χ4n) is 1.89. The number of phenols is 1. The number of nitrogens with one attached hydrogen (secondary N) is 1. The van der Waals surface area contributed by atoms with Crippen LogP contribution in [-0.2, 0) is 20.7 Å². The molecule has 0 aliphatic heterocycles. The molecule has 0 spiro atoms. The zero-order chi connectivity index (χ0) is 17.7. The molecule has 0 fully saturated rings. The summed E-state index contributed by atoms with van der Waals surface area (Å²) in [6.07, 6.45) is -1.17. The number of rotatable bonds is 5. The van der Waals surface area contributed by atoms with Gasteiger partial charge in [0.1, 0.15) is 5.75 Å². The molecule has 0 radical (unpaired) electrons. The Morgan fingerprint density at radius 1 is 1.12 bits per heavy atom. The van der Waals surface area contributed by atoms with E-state index in [1.165, 1.54) is 25.1 Å². The van der Waals surface area contributed by atoms with Gasteiger partial charge in [-0.3, -0.25) is 9.59 Å². The first-order chi connectivity index (χ1) is 11.3.